The molecule has 0 radical (unpaired) electrons. The molecule has 1 amide bonds. The Morgan fingerprint density at radius 1 is 1.03 bits per heavy atom. The first kappa shape index (κ1) is 42.8. The van der Waals surface area contributed by atoms with Gasteiger partial charge in [-0.05, 0) is 117 Å². The number of nitro groups is 1. The van der Waals surface area contributed by atoms with Gasteiger partial charge in [0, 0.05) is 86.8 Å². The summed E-state index contributed by atoms with van der Waals surface area (Å²) >= 11 is 0. The number of carbonyl (C=O) groups is 1. The number of halogens is 2. The number of hydrogen-bond acceptors (Lipinski definition) is 11. The number of anilines is 2. The maximum absolute atomic E-state index is 14.0. The molecule has 2 aromatic heterocycles. The van der Waals surface area contributed by atoms with E-state index in [9.17, 15) is 32.1 Å². The number of pyridine rings is 1. The number of piperazine rings is 1. The summed E-state index contributed by atoms with van der Waals surface area (Å²) in [5.74, 6) is -0.523. The quantitative estimate of drug-likeness (QED) is 0.0665. The van der Waals surface area contributed by atoms with Gasteiger partial charge in [0.1, 0.15) is 22.8 Å². The van der Waals surface area contributed by atoms with Crippen LogP contribution in [0.15, 0.2) is 77.0 Å². The molecule has 14 nitrogen and oxygen atoms in total. The second-order valence-electron chi connectivity index (χ2n) is 20.3. The summed E-state index contributed by atoms with van der Waals surface area (Å²) in [6.07, 6.45) is 9.52. The number of hydrogen-bond donors (Lipinski definition) is 3. The fourth-order valence-corrected chi connectivity index (χ4v) is 12.7. The number of aromatic amines is 1. The number of allylic oxidation sites excluding steroid dienone is 1. The molecule has 6 fully saturated rings. The number of alkyl halides is 2. The van der Waals surface area contributed by atoms with Crippen molar-refractivity contribution in [3.05, 3.63) is 87.7 Å². The Balaban J connectivity index is 0.850. The number of nitro benzene ring substituents is 1. The molecule has 340 valence electrons. The van der Waals surface area contributed by atoms with Gasteiger partial charge in [0.15, 0.2) is 0 Å². The van der Waals surface area contributed by atoms with Crippen molar-refractivity contribution in [1.29, 1.82) is 0 Å². The number of rotatable bonds is 13. The van der Waals surface area contributed by atoms with Gasteiger partial charge in [-0.1, -0.05) is 25.0 Å². The molecule has 7 aliphatic rings. The van der Waals surface area contributed by atoms with E-state index in [0.717, 1.165) is 81.7 Å². The summed E-state index contributed by atoms with van der Waals surface area (Å²) in [4.78, 5) is 37.2. The molecule has 0 atom stereocenters. The van der Waals surface area contributed by atoms with Crippen molar-refractivity contribution in [2.24, 2.45) is 21.7 Å². The summed E-state index contributed by atoms with van der Waals surface area (Å²) in [6, 6.07) is 12.2. The molecule has 11 rings (SSSR count). The van der Waals surface area contributed by atoms with Gasteiger partial charge in [0.2, 0.25) is 6.43 Å². The Morgan fingerprint density at radius 2 is 1.78 bits per heavy atom. The van der Waals surface area contributed by atoms with Crippen LogP contribution >= 0.6 is 0 Å². The molecule has 4 aromatic rings. The van der Waals surface area contributed by atoms with Gasteiger partial charge < -0.3 is 24.7 Å². The third-order valence-corrected chi connectivity index (χ3v) is 16.6. The number of benzene rings is 2. The van der Waals surface area contributed by atoms with Gasteiger partial charge in [0.25, 0.3) is 21.6 Å². The molecule has 2 aromatic carbocycles. The Morgan fingerprint density at radius 3 is 2.50 bits per heavy atom. The average Bonchev–Trinajstić information content (AvgIpc) is 3.69. The van der Waals surface area contributed by atoms with E-state index in [1.807, 2.05) is 6.07 Å². The number of H-pyrrole nitrogens is 1. The summed E-state index contributed by atoms with van der Waals surface area (Å²) in [7, 11) is -4.58. The standard InChI is InChI=1S/C47H55F2N7O7S/c1-44(2)9-7-31(37(24-44)46-27-47(28-46,29-46)43(48)49)26-54-13-15-55(16-14-54)33-3-5-36(40(20-33)63-34-19-30-8-12-50-41(30)51-25-34)42(57)53-64(60,61)35-4-6-38(39(21-35)56(58)59)52-32-22-45(23-32)10-17-62-18-11-45/h3-6,8,12,19-21,25,32,43,52H,7,9-11,13-18,22-24,26-29H2,1-2H3,(H,50,51)(H,53,57). The third kappa shape index (κ3) is 7.90. The molecular weight excluding hydrogens is 845 g/mol. The minimum atomic E-state index is -4.58. The zero-order valence-electron chi connectivity index (χ0n) is 36.3. The van der Waals surface area contributed by atoms with Crippen LogP contribution in [-0.2, 0) is 14.8 Å². The number of amides is 1. The molecule has 64 heavy (non-hydrogen) atoms. The summed E-state index contributed by atoms with van der Waals surface area (Å²) in [5, 5.41) is 16.2. The molecule has 4 heterocycles. The number of nitrogens with one attached hydrogen (secondary N) is 3. The van der Waals surface area contributed by atoms with Crippen molar-refractivity contribution >= 4 is 44.0 Å². The lowest BCUT2D eigenvalue weighted by Gasteiger charge is -2.72. The molecule has 2 aliphatic heterocycles. The number of fused-ring (bicyclic) bond motifs is 1. The second kappa shape index (κ2) is 15.8. The minimum Gasteiger partial charge on any atom is -0.455 e. The van der Waals surface area contributed by atoms with Gasteiger partial charge in [0.05, 0.1) is 21.6 Å². The SMILES string of the molecule is CC1(C)CCC(CN2CCN(c3ccc(C(=O)NS(=O)(=O)c4ccc(NC5CC6(CCOCC6)C5)c([N+](=O)[O-])c4)c(Oc4cnc5[nH]ccc5c4)c3)CC2)=C(C23CC(C(F)F)(C2)C3)C1. The highest BCUT2D eigenvalue weighted by Gasteiger charge is 2.73. The number of carbonyl (C=O) groups excluding carboxylic acids is 1. The van der Waals surface area contributed by atoms with Crippen molar-refractivity contribution in [3.8, 4) is 11.5 Å². The van der Waals surface area contributed by atoms with E-state index in [2.05, 4.69) is 43.7 Å². The Bertz CT molecular complexity index is 2630. The van der Waals surface area contributed by atoms with Crippen molar-refractivity contribution in [2.45, 2.75) is 95.4 Å². The van der Waals surface area contributed by atoms with Gasteiger partial charge in [-0.15, -0.1) is 0 Å². The second-order valence-corrected chi connectivity index (χ2v) is 21.9. The number of aromatic nitrogens is 2. The Hall–Kier alpha value is -5.13. The van der Waals surface area contributed by atoms with Crippen LogP contribution in [0.25, 0.3) is 11.0 Å². The maximum Gasteiger partial charge on any atom is 0.293 e. The number of nitrogens with zero attached hydrogens (tertiary/aromatic N) is 4. The van der Waals surface area contributed by atoms with Crippen molar-refractivity contribution in [2.75, 3.05) is 56.2 Å². The van der Waals surface area contributed by atoms with Crippen LogP contribution in [0.2, 0.25) is 0 Å². The summed E-state index contributed by atoms with van der Waals surface area (Å²) in [5.41, 5.74) is 3.61. The van der Waals surface area contributed by atoms with E-state index in [4.69, 9.17) is 9.47 Å². The summed E-state index contributed by atoms with van der Waals surface area (Å²) in [6.45, 7) is 9.75. The molecule has 17 heteroatoms. The lowest BCUT2D eigenvalue weighted by molar-refractivity contribution is -0.384. The van der Waals surface area contributed by atoms with E-state index in [1.54, 1.807) is 24.4 Å². The monoisotopic (exact) mass is 899 g/mol. The Labute approximate surface area is 371 Å². The van der Waals surface area contributed by atoms with Gasteiger partial charge in [-0.25, -0.2) is 26.9 Å². The third-order valence-electron chi connectivity index (χ3n) is 15.3. The molecule has 2 saturated heterocycles. The largest absolute Gasteiger partial charge is 0.455 e. The minimum absolute atomic E-state index is 0.0199. The van der Waals surface area contributed by atoms with Gasteiger partial charge in [-0.2, -0.15) is 0 Å². The zero-order chi connectivity index (χ0) is 44.6. The first-order valence-electron chi connectivity index (χ1n) is 22.4. The van der Waals surface area contributed by atoms with Crippen molar-refractivity contribution in [3.63, 3.8) is 0 Å². The van der Waals surface area contributed by atoms with Crippen LogP contribution in [0.3, 0.4) is 0 Å². The molecule has 2 bridgehead atoms. The highest BCUT2D eigenvalue weighted by atomic mass is 32.2. The number of sulfonamides is 1. The van der Waals surface area contributed by atoms with Crippen LogP contribution in [-0.4, -0.2) is 92.5 Å². The molecule has 0 unspecified atom stereocenters. The van der Waals surface area contributed by atoms with Crippen LogP contribution in [0.5, 0.6) is 11.5 Å². The van der Waals surface area contributed by atoms with Crippen LogP contribution in [0.1, 0.15) is 88.4 Å². The predicted molar refractivity (Wildman–Crippen MR) is 238 cm³/mol. The maximum atomic E-state index is 14.0. The van der Waals surface area contributed by atoms with Gasteiger partial charge in [-0.3, -0.25) is 19.8 Å². The molecule has 3 N–H and O–H groups in total. The lowest BCUT2D eigenvalue weighted by atomic mass is 9.32. The molecule has 5 aliphatic carbocycles. The molecule has 4 saturated carbocycles. The predicted octanol–water partition coefficient (Wildman–Crippen LogP) is 8.82. The van der Waals surface area contributed by atoms with Crippen molar-refractivity contribution in [1.82, 2.24) is 19.6 Å². The van der Waals surface area contributed by atoms with E-state index >= 15 is 0 Å². The fourth-order valence-electron chi connectivity index (χ4n) is 11.7. The average molecular weight is 900 g/mol. The highest BCUT2D eigenvalue weighted by molar-refractivity contribution is 7.90. The smallest absolute Gasteiger partial charge is 0.293 e. The Kier molecular flexibility index (Phi) is 10.6. The fraction of sp³-hybridized carbons (Fsp3) is 0.532. The topological polar surface area (TPSA) is 172 Å². The van der Waals surface area contributed by atoms with E-state index < -0.39 is 43.3 Å². The lowest BCUT2D eigenvalue weighted by Crippen LogP contribution is -2.66. The molecular formula is C47H55F2N7O7S. The van der Waals surface area contributed by atoms with Crippen LogP contribution < -0.4 is 19.7 Å². The van der Waals surface area contributed by atoms with E-state index in [-0.39, 0.29) is 39.3 Å². The zero-order valence-corrected chi connectivity index (χ0v) is 37.1. The van der Waals surface area contributed by atoms with Crippen LogP contribution in [0, 0.1) is 31.8 Å². The first-order chi connectivity index (χ1) is 30.5. The van der Waals surface area contributed by atoms with Crippen molar-refractivity contribution < 1.29 is 36.4 Å². The highest BCUT2D eigenvalue weighted by Crippen LogP contribution is 2.79. The summed E-state index contributed by atoms with van der Waals surface area (Å²) < 4.78 is 69.1. The van der Waals surface area contributed by atoms with E-state index in [1.165, 1.54) is 35.5 Å². The normalized spacial score (nSPS) is 25.4. The van der Waals surface area contributed by atoms with Gasteiger partial charge >= 0.3 is 0 Å². The first-order valence-corrected chi connectivity index (χ1v) is 23.9. The van der Waals surface area contributed by atoms with Crippen LogP contribution in [0.4, 0.5) is 25.8 Å². The molecule has 1 spiro atoms. The number of ether oxygens (including phenoxy) is 2. The van der Waals surface area contributed by atoms with E-state index in [0.29, 0.717) is 57.0 Å².